The molecular formula is C18H25N3O4. The first-order chi connectivity index (χ1) is 11.8. The Labute approximate surface area is 147 Å². The van der Waals surface area contributed by atoms with Crippen LogP contribution in [0.15, 0.2) is 24.5 Å². The molecule has 1 aliphatic rings. The molecule has 25 heavy (non-hydrogen) atoms. The highest BCUT2D eigenvalue weighted by Crippen LogP contribution is 2.30. The van der Waals surface area contributed by atoms with E-state index in [4.69, 9.17) is 0 Å². The number of amides is 2. The van der Waals surface area contributed by atoms with Crippen LogP contribution in [0.1, 0.15) is 51.5 Å². The van der Waals surface area contributed by atoms with Gasteiger partial charge < -0.3 is 5.11 Å². The molecule has 1 atom stereocenters. The molecule has 0 aliphatic carbocycles. The summed E-state index contributed by atoms with van der Waals surface area (Å²) in [6.45, 7) is 3.57. The van der Waals surface area contributed by atoms with Crippen LogP contribution in [0, 0.1) is 0 Å². The van der Waals surface area contributed by atoms with Crippen molar-refractivity contribution in [3.05, 3.63) is 30.1 Å². The van der Waals surface area contributed by atoms with Gasteiger partial charge in [-0.05, 0) is 50.3 Å². The highest BCUT2D eigenvalue weighted by Gasteiger charge is 2.41. The number of hydrazine groups is 1. The fraction of sp³-hybridized carbons (Fsp3) is 0.556. The molecule has 1 aromatic heterocycles. The Hall–Kier alpha value is -2.44. The summed E-state index contributed by atoms with van der Waals surface area (Å²) in [4.78, 5) is 40.1. The van der Waals surface area contributed by atoms with E-state index in [1.165, 1.54) is 16.9 Å². The van der Waals surface area contributed by atoms with Gasteiger partial charge in [0.15, 0.2) is 0 Å². The van der Waals surface area contributed by atoms with Gasteiger partial charge in [-0.2, -0.15) is 0 Å². The minimum atomic E-state index is -0.993. The van der Waals surface area contributed by atoms with Crippen LogP contribution in [0.2, 0.25) is 0 Å². The van der Waals surface area contributed by atoms with Gasteiger partial charge in [0.1, 0.15) is 0 Å². The predicted molar refractivity (Wildman–Crippen MR) is 91.3 cm³/mol. The summed E-state index contributed by atoms with van der Waals surface area (Å²) >= 11 is 0. The number of hydrogen-bond donors (Lipinski definition) is 1. The first-order valence-electron chi connectivity index (χ1n) is 8.55. The minimum absolute atomic E-state index is 0.123. The van der Waals surface area contributed by atoms with Crippen molar-refractivity contribution < 1.29 is 19.5 Å². The first-order valence-corrected chi connectivity index (χ1v) is 8.55. The number of nitrogens with zero attached hydrogens (tertiary/aromatic N) is 3. The van der Waals surface area contributed by atoms with Gasteiger partial charge in [-0.25, -0.2) is 5.01 Å². The molecule has 1 saturated heterocycles. The maximum Gasteiger partial charge on any atom is 0.305 e. The molecule has 1 aliphatic heterocycles. The molecule has 0 radical (unpaired) electrons. The summed E-state index contributed by atoms with van der Waals surface area (Å²) in [6.07, 6.45) is 6.17. The van der Waals surface area contributed by atoms with Crippen LogP contribution in [0.4, 0.5) is 0 Å². The van der Waals surface area contributed by atoms with Gasteiger partial charge >= 0.3 is 5.97 Å². The van der Waals surface area contributed by atoms with E-state index in [1.54, 1.807) is 19.3 Å². The number of carbonyl (C=O) groups is 3. The van der Waals surface area contributed by atoms with E-state index in [1.807, 2.05) is 12.1 Å². The fourth-order valence-corrected chi connectivity index (χ4v) is 3.40. The van der Waals surface area contributed by atoms with Crippen molar-refractivity contribution >= 4 is 17.8 Å². The second-order valence-corrected chi connectivity index (χ2v) is 6.73. The third-order valence-corrected chi connectivity index (χ3v) is 4.58. The summed E-state index contributed by atoms with van der Waals surface area (Å²) in [5, 5.41) is 12.2. The van der Waals surface area contributed by atoms with Gasteiger partial charge in [-0.15, -0.1) is 0 Å². The van der Waals surface area contributed by atoms with Crippen LogP contribution in [0.5, 0.6) is 0 Å². The summed E-state index contributed by atoms with van der Waals surface area (Å²) in [5.41, 5.74) is 0.0357. The molecular weight excluding hydrogens is 322 g/mol. The molecule has 136 valence electrons. The predicted octanol–water partition coefficient (Wildman–Crippen LogP) is 2.02. The van der Waals surface area contributed by atoms with Crippen molar-refractivity contribution in [1.29, 1.82) is 0 Å². The third-order valence-electron chi connectivity index (χ3n) is 4.58. The molecule has 0 spiro atoms. The number of carboxylic acid groups (broad SMARTS) is 1. The number of carbonyl (C=O) groups excluding carboxylic acids is 2. The Morgan fingerprint density at radius 1 is 1.32 bits per heavy atom. The van der Waals surface area contributed by atoms with E-state index >= 15 is 0 Å². The van der Waals surface area contributed by atoms with Gasteiger partial charge in [0.05, 0.1) is 12.0 Å². The largest absolute Gasteiger partial charge is 0.481 e. The molecule has 0 unspecified atom stereocenters. The molecule has 0 saturated carbocycles. The van der Waals surface area contributed by atoms with Gasteiger partial charge in [0.2, 0.25) is 11.8 Å². The Morgan fingerprint density at radius 2 is 2.00 bits per heavy atom. The molecule has 7 heteroatoms. The number of aryl methyl sites for hydroxylation is 1. The number of aromatic nitrogens is 1. The number of hydrogen-bond acceptors (Lipinski definition) is 4. The van der Waals surface area contributed by atoms with Gasteiger partial charge in [0.25, 0.3) is 0 Å². The average molecular weight is 347 g/mol. The highest BCUT2D eigenvalue weighted by atomic mass is 16.4. The average Bonchev–Trinajstić information content (AvgIpc) is 2.55. The topological polar surface area (TPSA) is 90.8 Å². The normalized spacial score (nSPS) is 17.0. The Bertz CT molecular complexity index is 634. The second-order valence-electron chi connectivity index (χ2n) is 6.73. The lowest BCUT2D eigenvalue weighted by Gasteiger charge is -2.47. The van der Waals surface area contributed by atoms with Crippen molar-refractivity contribution in [2.75, 3.05) is 6.54 Å². The molecule has 2 rings (SSSR count). The third kappa shape index (κ3) is 4.78. The van der Waals surface area contributed by atoms with E-state index in [2.05, 4.69) is 4.98 Å². The lowest BCUT2D eigenvalue weighted by molar-refractivity contribution is -0.182. The van der Waals surface area contributed by atoms with Crippen LogP contribution in [-0.2, 0) is 20.8 Å². The second kappa shape index (κ2) is 8.09. The zero-order valence-corrected chi connectivity index (χ0v) is 14.8. The first kappa shape index (κ1) is 18.9. The molecule has 2 heterocycles. The molecule has 1 fully saturated rings. The lowest BCUT2D eigenvalue weighted by Crippen LogP contribution is -2.61. The smallest absolute Gasteiger partial charge is 0.305 e. The summed E-state index contributed by atoms with van der Waals surface area (Å²) in [7, 11) is 0. The van der Waals surface area contributed by atoms with Crippen molar-refractivity contribution in [3.63, 3.8) is 0 Å². The Balaban J connectivity index is 2.28. The van der Waals surface area contributed by atoms with E-state index in [-0.39, 0.29) is 18.2 Å². The monoisotopic (exact) mass is 347 g/mol. The molecule has 2 amide bonds. The molecule has 0 bridgehead atoms. The zero-order valence-electron chi connectivity index (χ0n) is 14.8. The van der Waals surface area contributed by atoms with Gasteiger partial charge in [-0.3, -0.25) is 24.4 Å². The van der Waals surface area contributed by atoms with Gasteiger partial charge in [-0.1, -0.05) is 0 Å². The van der Waals surface area contributed by atoms with Gasteiger partial charge in [0, 0.05) is 32.3 Å². The number of pyridine rings is 1. The number of piperidine rings is 1. The maximum atomic E-state index is 12.4. The summed E-state index contributed by atoms with van der Waals surface area (Å²) in [5.74, 6) is -1.43. The zero-order chi connectivity index (χ0) is 18.4. The van der Waals surface area contributed by atoms with E-state index in [0.29, 0.717) is 25.8 Å². The minimum Gasteiger partial charge on any atom is -0.481 e. The standard InChI is InChI=1S/C18H25N3O4/c1-14(22)21(20-12-4-3-5-16(20)23)18(2,13-17(24)25)9-6-15-7-10-19-11-8-15/h7-8,10-11H,3-6,9,12-13H2,1-2H3,(H,24,25)/t18-/m1/s1. The highest BCUT2D eigenvalue weighted by molar-refractivity contribution is 5.82. The summed E-state index contributed by atoms with van der Waals surface area (Å²) in [6, 6.07) is 3.73. The van der Waals surface area contributed by atoms with Crippen LogP contribution < -0.4 is 0 Å². The maximum absolute atomic E-state index is 12.4. The van der Waals surface area contributed by atoms with E-state index < -0.39 is 11.5 Å². The van der Waals surface area contributed by atoms with Crippen molar-refractivity contribution in [1.82, 2.24) is 15.0 Å². The lowest BCUT2D eigenvalue weighted by atomic mass is 9.88. The van der Waals surface area contributed by atoms with Crippen LogP contribution in [0.25, 0.3) is 0 Å². The van der Waals surface area contributed by atoms with Crippen molar-refractivity contribution in [2.24, 2.45) is 0 Å². The molecule has 1 N–H and O–H groups in total. The van der Waals surface area contributed by atoms with Crippen molar-refractivity contribution in [3.8, 4) is 0 Å². The van der Waals surface area contributed by atoms with Crippen molar-refractivity contribution in [2.45, 2.75) is 57.9 Å². The van der Waals surface area contributed by atoms with E-state index in [0.717, 1.165) is 18.4 Å². The number of aliphatic carboxylic acids is 1. The number of rotatable bonds is 7. The fourth-order valence-electron chi connectivity index (χ4n) is 3.40. The quantitative estimate of drug-likeness (QED) is 0.815. The number of carboxylic acids is 1. The van der Waals surface area contributed by atoms with Crippen LogP contribution >= 0.6 is 0 Å². The Kier molecular flexibility index (Phi) is 6.12. The van der Waals surface area contributed by atoms with Crippen LogP contribution in [0.3, 0.4) is 0 Å². The van der Waals surface area contributed by atoms with Crippen LogP contribution in [-0.4, -0.2) is 50.0 Å². The Morgan fingerprint density at radius 3 is 2.56 bits per heavy atom. The van der Waals surface area contributed by atoms with E-state index in [9.17, 15) is 19.5 Å². The summed E-state index contributed by atoms with van der Waals surface area (Å²) < 4.78 is 0. The molecule has 7 nitrogen and oxygen atoms in total. The molecule has 1 aromatic rings. The SMILES string of the molecule is CC(=O)N(N1CCCCC1=O)[C@](C)(CCc1ccncc1)CC(=O)O. The molecule has 0 aromatic carbocycles.